The van der Waals surface area contributed by atoms with Crippen LogP contribution in [0.1, 0.15) is 28.9 Å². The Morgan fingerprint density at radius 3 is 2.38 bits per heavy atom. The molecule has 6 heteroatoms. The maximum absolute atomic E-state index is 13.1. The summed E-state index contributed by atoms with van der Waals surface area (Å²) in [7, 11) is 0. The molecule has 1 atom stereocenters. The second-order valence-electron chi connectivity index (χ2n) is 6.65. The van der Waals surface area contributed by atoms with Gasteiger partial charge in [-0.15, -0.1) is 0 Å². The molecule has 0 aliphatic heterocycles. The number of aromatic nitrogens is 3. The van der Waals surface area contributed by atoms with E-state index in [4.69, 9.17) is 11.6 Å². The second kappa shape index (κ2) is 8.29. The predicted octanol–water partition coefficient (Wildman–Crippen LogP) is 5.08. The van der Waals surface area contributed by atoms with Crippen LogP contribution in [0.25, 0.3) is 16.9 Å². The van der Waals surface area contributed by atoms with Gasteiger partial charge in [0.25, 0.3) is 5.91 Å². The zero-order valence-corrected chi connectivity index (χ0v) is 16.5. The fourth-order valence-corrected chi connectivity index (χ4v) is 3.21. The normalized spacial score (nSPS) is 11.8. The number of para-hydroxylation sites is 1. The summed E-state index contributed by atoms with van der Waals surface area (Å²) in [5.74, 6) is -0.193. The Morgan fingerprint density at radius 1 is 1.00 bits per heavy atom. The van der Waals surface area contributed by atoms with Crippen molar-refractivity contribution in [1.29, 1.82) is 0 Å². The fourth-order valence-electron chi connectivity index (χ4n) is 3.08. The Labute approximate surface area is 174 Å². The van der Waals surface area contributed by atoms with Gasteiger partial charge < -0.3 is 5.32 Å². The highest BCUT2D eigenvalue weighted by molar-refractivity contribution is 6.30. The van der Waals surface area contributed by atoms with Gasteiger partial charge in [-0.2, -0.15) is 5.10 Å². The largest absolute Gasteiger partial charge is 0.345 e. The molecule has 144 valence electrons. The second-order valence-corrected chi connectivity index (χ2v) is 7.09. The molecule has 4 rings (SSSR count). The lowest BCUT2D eigenvalue weighted by atomic mass is 10.1. The van der Waals surface area contributed by atoms with Crippen molar-refractivity contribution in [3.05, 3.63) is 101 Å². The maximum atomic E-state index is 13.1. The lowest BCUT2D eigenvalue weighted by Crippen LogP contribution is -2.26. The van der Waals surface area contributed by atoms with E-state index in [1.165, 1.54) is 0 Å². The number of carbonyl (C=O) groups excluding carboxylic acids is 1. The van der Waals surface area contributed by atoms with E-state index in [0.29, 0.717) is 16.3 Å². The fraction of sp³-hybridized carbons (Fsp3) is 0.0870. The number of carbonyl (C=O) groups is 1. The molecular weight excluding hydrogens is 384 g/mol. The van der Waals surface area contributed by atoms with E-state index in [0.717, 1.165) is 16.8 Å². The van der Waals surface area contributed by atoms with Crippen LogP contribution < -0.4 is 5.32 Å². The molecule has 0 spiro atoms. The molecule has 0 saturated carbocycles. The Kier molecular flexibility index (Phi) is 5.40. The number of benzene rings is 2. The van der Waals surface area contributed by atoms with Crippen LogP contribution in [0.15, 0.2) is 85.3 Å². The van der Waals surface area contributed by atoms with Crippen molar-refractivity contribution in [2.45, 2.75) is 13.0 Å². The number of hydrogen-bond acceptors (Lipinski definition) is 3. The van der Waals surface area contributed by atoms with E-state index in [-0.39, 0.29) is 11.9 Å². The van der Waals surface area contributed by atoms with Gasteiger partial charge in [0.05, 0.1) is 17.3 Å². The lowest BCUT2D eigenvalue weighted by Gasteiger charge is -2.14. The molecule has 2 heterocycles. The number of amides is 1. The molecule has 1 N–H and O–H groups in total. The van der Waals surface area contributed by atoms with Crippen molar-refractivity contribution >= 4 is 17.5 Å². The van der Waals surface area contributed by atoms with Crippen LogP contribution in [0.5, 0.6) is 0 Å². The number of pyridine rings is 1. The van der Waals surface area contributed by atoms with Gasteiger partial charge in [0.1, 0.15) is 5.69 Å². The topological polar surface area (TPSA) is 59.8 Å². The molecule has 0 aliphatic carbocycles. The summed E-state index contributed by atoms with van der Waals surface area (Å²) >= 11 is 6.03. The third-order valence-electron chi connectivity index (χ3n) is 4.65. The summed E-state index contributed by atoms with van der Waals surface area (Å²) in [6.45, 7) is 1.94. The average Bonchev–Trinajstić information content (AvgIpc) is 3.21. The van der Waals surface area contributed by atoms with Gasteiger partial charge in [-0.05, 0) is 48.9 Å². The van der Waals surface area contributed by atoms with Crippen molar-refractivity contribution in [3.63, 3.8) is 0 Å². The van der Waals surface area contributed by atoms with E-state index in [1.54, 1.807) is 35.4 Å². The molecule has 29 heavy (non-hydrogen) atoms. The average molecular weight is 403 g/mol. The molecule has 0 saturated heterocycles. The van der Waals surface area contributed by atoms with E-state index in [1.807, 2.05) is 61.5 Å². The molecule has 4 aromatic rings. The Hall–Kier alpha value is -3.44. The smallest absolute Gasteiger partial charge is 0.255 e. The molecule has 0 radical (unpaired) electrons. The molecule has 0 bridgehead atoms. The van der Waals surface area contributed by atoms with Crippen molar-refractivity contribution in [2.75, 3.05) is 0 Å². The van der Waals surface area contributed by atoms with E-state index < -0.39 is 0 Å². The number of rotatable bonds is 5. The van der Waals surface area contributed by atoms with Crippen LogP contribution in [0.3, 0.4) is 0 Å². The van der Waals surface area contributed by atoms with Crippen LogP contribution in [0.2, 0.25) is 5.02 Å². The summed E-state index contributed by atoms with van der Waals surface area (Å²) in [6, 6.07) is 20.6. The molecule has 5 nitrogen and oxygen atoms in total. The van der Waals surface area contributed by atoms with Gasteiger partial charge in [0, 0.05) is 29.2 Å². The van der Waals surface area contributed by atoms with Gasteiger partial charge >= 0.3 is 0 Å². The minimum Gasteiger partial charge on any atom is -0.345 e. The zero-order chi connectivity index (χ0) is 20.2. The minimum absolute atomic E-state index is 0.163. The van der Waals surface area contributed by atoms with E-state index >= 15 is 0 Å². The monoisotopic (exact) mass is 402 g/mol. The van der Waals surface area contributed by atoms with Crippen molar-refractivity contribution in [3.8, 4) is 16.9 Å². The van der Waals surface area contributed by atoms with Crippen LogP contribution in [-0.4, -0.2) is 20.7 Å². The summed E-state index contributed by atoms with van der Waals surface area (Å²) in [4.78, 5) is 17.2. The maximum Gasteiger partial charge on any atom is 0.255 e. The highest BCUT2D eigenvalue weighted by atomic mass is 35.5. The summed E-state index contributed by atoms with van der Waals surface area (Å²) in [6.07, 6.45) is 5.18. The molecule has 1 unspecified atom stereocenters. The van der Waals surface area contributed by atoms with Gasteiger partial charge in [0.2, 0.25) is 0 Å². The highest BCUT2D eigenvalue weighted by Crippen LogP contribution is 2.26. The number of halogens is 1. The quantitative estimate of drug-likeness (QED) is 0.506. The standard InChI is InChI=1S/C23H19ClN4O/c1-16(17-11-13-25-14-12-17)26-23(29)21-15-28(20-5-3-2-4-6-20)27-22(21)18-7-9-19(24)10-8-18/h2-16H,1H3,(H,26,29). The van der Waals surface area contributed by atoms with E-state index in [2.05, 4.69) is 15.4 Å². The number of nitrogens with one attached hydrogen (secondary N) is 1. The van der Waals surface area contributed by atoms with Crippen LogP contribution in [0.4, 0.5) is 0 Å². The van der Waals surface area contributed by atoms with Gasteiger partial charge in [-0.1, -0.05) is 41.9 Å². The summed E-state index contributed by atoms with van der Waals surface area (Å²) in [5.41, 5.74) is 3.79. The first-order valence-electron chi connectivity index (χ1n) is 9.23. The first-order valence-corrected chi connectivity index (χ1v) is 9.61. The predicted molar refractivity (Wildman–Crippen MR) is 114 cm³/mol. The summed E-state index contributed by atoms with van der Waals surface area (Å²) < 4.78 is 1.72. The van der Waals surface area contributed by atoms with Crippen molar-refractivity contribution in [1.82, 2.24) is 20.1 Å². The van der Waals surface area contributed by atoms with Gasteiger partial charge in [0.15, 0.2) is 0 Å². The molecule has 0 fully saturated rings. The number of nitrogens with zero attached hydrogens (tertiary/aromatic N) is 3. The molecular formula is C23H19ClN4O. The van der Waals surface area contributed by atoms with E-state index in [9.17, 15) is 4.79 Å². The van der Waals surface area contributed by atoms with Crippen molar-refractivity contribution in [2.24, 2.45) is 0 Å². The SMILES string of the molecule is CC(NC(=O)c1cn(-c2ccccc2)nc1-c1ccc(Cl)cc1)c1ccncc1. The molecule has 0 aliphatic rings. The first kappa shape index (κ1) is 18.9. The third-order valence-corrected chi connectivity index (χ3v) is 4.90. The van der Waals surface area contributed by atoms with Crippen molar-refractivity contribution < 1.29 is 4.79 Å². The lowest BCUT2D eigenvalue weighted by molar-refractivity contribution is 0.0940. The van der Waals surface area contributed by atoms with Crippen LogP contribution in [0, 0.1) is 0 Å². The van der Waals surface area contributed by atoms with Gasteiger partial charge in [-0.3, -0.25) is 9.78 Å². The Bertz CT molecular complexity index is 1110. The summed E-state index contributed by atoms with van der Waals surface area (Å²) in [5, 5.41) is 8.37. The molecule has 2 aromatic heterocycles. The first-order chi connectivity index (χ1) is 14.1. The molecule has 1 amide bonds. The Morgan fingerprint density at radius 2 is 1.69 bits per heavy atom. The Balaban J connectivity index is 1.71. The molecule has 2 aromatic carbocycles. The zero-order valence-electron chi connectivity index (χ0n) is 15.8. The highest BCUT2D eigenvalue weighted by Gasteiger charge is 2.20. The van der Waals surface area contributed by atoms with Crippen LogP contribution in [-0.2, 0) is 0 Å². The third kappa shape index (κ3) is 4.20. The van der Waals surface area contributed by atoms with Gasteiger partial charge in [-0.25, -0.2) is 4.68 Å². The minimum atomic E-state index is -0.193. The number of hydrogen-bond donors (Lipinski definition) is 1. The van der Waals surface area contributed by atoms with Crippen LogP contribution >= 0.6 is 11.6 Å².